The van der Waals surface area contributed by atoms with E-state index in [1.54, 1.807) is 34.8 Å². The van der Waals surface area contributed by atoms with Gasteiger partial charge in [0.15, 0.2) is 26.4 Å². The molecule has 19 heteroatoms. The molecule has 0 saturated carbocycles. The van der Waals surface area contributed by atoms with Crippen LogP contribution in [0.2, 0.25) is 0 Å². The minimum atomic E-state index is -1.32. The van der Waals surface area contributed by atoms with Crippen molar-refractivity contribution in [2.45, 2.75) is 23.9 Å². The maximum absolute atomic E-state index is 12.9. The predicted octanol–water partition coefficient (Wildman–Crippen LogP) is -2.78. The van der Waals surface area contributed by atoms with Crippen LogP contribution in [0.1, 0.15) is 11.1 Å². The molecule has 4 N–H and O–H groups in total. The molecule has 47 heavy (non-hydrogen) atoms. The smallest absolute Gasteiger partial charge is 0.329 e. The van der Waals surface area contributed by atoms with Crippen molar-refractivity contribution in [1.29, 1.82) is 0 Å². The molecule has 0 radical (unpaired) electrons. The third-order valence-corrected chi connectivity index (χ3v) is 6.68. The molecule has 1 aromatic carbocycles. The number of esters is 4. The largest absolute Gasteiger partial charge is 0.454 e. The molecule has 1 aliphatic heterocycles. The first-order valence-corrected chi connectivity index (χ1v) is 15.1. The fourth-order valence-electron chi connectivity index (χ4n) is 3.66. The van der Waals surface area contributed by atoms with Gasteiger partial charge in [-0.25, -0.2) is 4.79 Å². The van der Waals surface area contributed by atoms with Crippen molar-refractivity contribution in [3.05, 3.63) is 47.8 Å². The van der Waals surface area contributed by atoms with Gasteiger partial charge in [0.1, 0.15) is 25.7 Å². The SMILES string of the molecule is CSc1cnn(Cc2ccc(CC3NC(=O)COC(=O)CNC(=O)COC(=O)CNC(=O)COC(=O)CNC(=O)COC3=O)cc2)c1. The van der Waals surface area contributed by atoms with Gasteiger partial charge in [0.05, 0.1) is 12.7 Å². The number of carbonyl (C=O) groups is 8. The van der Waals surface area contributed by atoms with Crippen molar-refractivity contribution in [3.8, 4) is 0 Å². The highest BCUT2D eigenvalue weighted by molar-refractivity contribution is 7.98. The van der Waals surface area contributed by atoms with Gasteiger partial charge >= 0.3 is 23.9 Å². The summed E-state index contributed by atoms with van der Waals surface area (Å²) in [5.41, 5.74) is 1.53. The molecule has 0 spiro atoms. The van der Waals surface area contributed by atoms with Crippen LogP contribution in [0.5, 0.6) is 0 Å². The van der Waals surface area contributed by atoms with Crippen molar-refractivity contribution in [1.82, 2.24) is 31.0 Å². The van der Waals surface area contributed by atoms with Crippen LogP contribution in [-0.4, -0.2) is 116 Å². The van der Waals surface area contributed by atoms with E-state index in [4.69, 9.17) is 9.47 Å². The highest BCUT2D eigenvalue weighted by Gasteiger charge is 2.25. The second kappa shape index (κ2) is 18.5. The Morgan fingerprint density at radius 1 is 0.702 bits per heavy atom. The summed E-state index contributed by atoms with van der Waals surface area (Å²) < 4.78 is 21.0. The third-order valence-electron chi connectivity index (χ3n) is 6.00. The third kappa shape index (κ3) is 13.6. The zero-order valence-electron chi connectivity index (χ0n) is 25.1. The molecule has 1 fully saturated rings. The topological polar surface area (TPSA) is 239 Å². The van der Waals surface area contributed by atoms with Crippen molar-refractivity contribution >= 4 is 59.3 Å². The van der Waals surface area contributed by atoms with E-state index in [0.717, 1.165) is 10.5 Å². The van der Waals surface area contributed by atoms with Crippen molar-refractivity contribution in [3.63, 3.8) is 0 Å². The summed E-state index contributed by atoms with van der Waals surface area (Å²) in [5, 5.41) is 13.1. The molecule has 0 aliphatic carbocycles. The van der Waals surface area contributed by atoms with E-state index in [-0.39, 0.29) is 6.42 Å². The maximum atomic E-state index is 12.9. The monoisotopic (exact) mass is 676 g/mol. The molecule has 1 aromatic heterocycles. The highest BCUT2D eigenvalue weighted by atomic mass is 32.2. The number of ether oxygens (including phenoxy) is 4. The van der Waals surface area contributed by atoms with E-state index in [2.05, 4.69) is 35.8 Å². The number of nitrogens with one attached hydrogen (secondary N) is 4. The predicted molar refractivity (Wildman–Crippen MR) is 158 cm³/mol. The van der Waals surface area contributed by atoms with Crippen LogP contribution in [0, 0.1) is 0 Å². The summed E-state index contributed by atoms with van der Waals surface area (Å²) >= 11 is 1.56. The number of hydrogen-bond acceptors (Lipinski definition) is 14. The summed E-state index contributed by atoms with van der Waals surface area (Å²) in [7, 11) is 0. The lowest BCUT2D eigenvalue weighted by atomic mass is 10.0. The van der Waals surface area contributed by atoms with E-state index >= 15 is 0 Å². The van der Waals surface area contributed by atoms with Crippen LogP contribution in [0.25, 0.3) is 0 Å². The highest BCUT2D eigenvalue weighted by Crippen LogP contribution is 2.14. The summed E-state index contributed by atoms with van der Waals surface area (Å²) in [4.78, 5) is 97.8. The lowest BCUT2D eigenvalue weighted by Gasteiger charge is -2.18. The Balaban J connectivity index is 1.65. The lowest BCUT2D eigenvalue weighted by molar-refractivity contribution is -0.154. The standard InChI is InChI=1S/C28H32N6O12S/c1-47-19-7-32-34(12-19)11-18-4-2-17(3-5-18)6-20-28(42)46-15-23(37)31-9-26(40)44-13-21(35)29-8-25(39)43-14-22(36)30-10-27(41)45-16-24(38)33-20/h2-5,7,12,20H,6,8-11,13-16H2,1H3,(H,29,35)(H,30,36)(H,31,37)(H,33,38). The number of hydrogen-bond donors (Lipinski definition) is 4. The normalized spacial score (nSPS) is 18.6. The van der Waals surface area contributed by atoms with Gasteiger partial charge in [-0.05, 0) is 17.4 Å². The molecular weight excluding hydrogens is 644 g/mol. The fraction of sp³-hybridized carbons (Fsp3) is 0.393. The van der Waals surface area contributed by atoms with Gasteiger partial charge in [-0.15, -0.1) is 11.8 Å². The molecule has 18 nitrogen and oxygen atoms in total. The van der Waals surface area contributed by atoms with Gasteiger partial charge in [0.25, 0.3) is 23.6 Å². The van der Waals surface area contributed by atoms with Gasteiger partial charge in [-0.1, -0.05) is 24.3 Å². The number of amides is 4. The molecule has 1 unspecified atom stereocenters. The van der Waals surface area contributed by atoms with Crippen molar-refractivity contribution in [2.75, 3.05) is 52.3 Å². The first kappa shape index (κ1) is 36.0. The molecular formula is C28H32N6O12S. The first-order valence-electron chi connectivity index (χ1n) is 13.9. The fourth-order valence-corrected chi connectivity index (χ4v) is 4.04. The summed E-state index contributed by atoms with van der Waals surface area (Å²) in [6.07, 6.45) is 5.52. The van der Waals surface area contributed by atoms with Gasteiger partial charge in [-0.3, -0.25) is 38.2 Å². The zero-order chi connectivity index (χ0) is 34.2. The van der Waals surface area contributed by atoms with Crippen LogP contribution < -0.4 is 21.3 Å². The molecule has 1 aliphatic rings. The van der Waals surface area contributed by atoms with Crippen LogP contribution in [-0.2, 0) is 70.3 Å². The Morgan fingerprint density at radius 3 is 1.66 bits per heavy atom. The number of nitrogens with zero attached hydrogens (tertiary/aromatic N) is 2. The number of aromatic nitrogens is 2. The average Bonchev–Trinajstić information content (AvgIpc) is 3.52. The Morgan fingerprint density at radius 2 is 1.17 bits per heavy atom. The number of benzene rings is 1. The van der Waals surface area contributed by atoms with E-state index in [1.165, 1.54) is 0 Å². The maximum Gasteiger partial charge on any atom is 0.329 e. The molecule has 1 atom stereocenters. The van der Waals surface area contributed by atoms with E-state index in [9.17, 15) is 38.4 Å². The molecule has 0 bridgehead atoms. The summed E-state index contributed by atoms with van der Waals surface area (Å²) in [5.74, 6) is -7.53. The van der Waals surface area contributed by atoms with Crippen molar-refractivity contribution in [2.24, 2.45) is 0 Å². The zero-order valence-corrected chi connectivity index (χ0v) is 25.9. The van der Waals surface area contributed by atoms with Gasteiger partial charge in [0, 0.05) is 17.5 Å². The van der Waals surface area contributed by atoms with Crippen LogP contribution in [0.4, 0.5) is 0 Å². The van der Waals surface area contributed by atoms with E-state index in [1.807, 2.05) is 24.6 Å². The van der Waals surface area contributed by atoms with Gasteiger partial charge < -0.3 is 40.2 Å². The first-order chi connectivity index (χ1) is 22.5. The van der Waals surface area contributed by atoms with Crippen LogP contribution >= 0.6 is 11.8 Å². The molecule has 252 valence electrons. The Kier molecular flexibility index (Phi) is 14.2. The van der Waals surface area contributed by atoms with Crippen LogP contribution in [0.15, 0.2) is 41.6 Å². The molecule has 1 saturated heterocycles. The van der Waals surface area contributed by atoms with E-state index in [0.29, 0.717) is 12.1 Å². The molecule has 2 heterocycles. The number of thioether (sulfide) groups is 1. The second-order valence-electron chi connectivity index (χ2n) is 9.64. The average molecular weight is 677 g/mol. The Labute approximate surface area is 271 Å². The number of rotatable bonds is 5. The summed E-state index contributed by atoms with van der Waals surface area (Å²) in [6.45, 7) is -4.72. The van der Waals surface area contributed by atoms with Crippen molar-refractivity contribution < 1.29 is 57.3 Å². The molecule has 2 aromatic rings. The number of cyclic esters (lactones) is 4. The lowest BCUT2D eigenvalue weighted by Crippen LogP contribution is -2.46. The quantitative estimate of drug-likeness (QED) is 0.142. The minimum absolute atomic E-state index is 0.0675. The van der Waals surface area contributed by atoms with E-state index < -0.39 is 99.6 Å². The molecule has 4 amide bonds. The van der Waals surface area contributed by atoms with Crippen LogP contribution in [0.3, 0.4) is 0 Å². The van der Waals surface area contributed by atoms with Gasteiger partial charge in [0.2, 0.25) is 0 Å². The molecule has 3 rings (SSSR count). The Bertz CT molecular complexity index is 1480. The van der Waals surface area contributed by atoms with Gasteiger partial charge in [-0.2, -0.15) is 5.10 Å². The second-order valence-corrected chi connectivity index (χ2v) is 10.5. The number of carbonyl (C=O) groups excluding carboxylic acids is 8. The minimum Gasteiger partial charge on any atom is -0.454 e. The Hall–Kier alpha value is -5.46. The summed E-state index contributed by atoms with van der Waals surface area (Å²) in [6, 6.07) is 5.78.